The lowest BCUT2D eigenvalue weighted by molar-refractivity contribution is -0.0328. The summed E-state index contributed by atoms with van der Waals surface area (Å²) >= 11 is 2.69. The predicted molar refractivity (Wildman–Crippen MR) is 66.5 cm³/mol. The number of aldehydes is 1. The van der Waals surface area contributed by atoms with Crippen molar-refractivity contribution in [3.05, 3.63) is 29.3 Å². The minimum atomic E-state index is -4.49. The second kappa shape index (κ2) is 6.38. The molecule has 1 aromatic rings. The molecule has 0 N–H and O–H groups in total. The van der Waals surface area contributed by atoms with Crippen LogP contribution in [-0.4, -0.2) is 22.9 Å². The summed E-state index contributed by atoms with van der Waals surface area (Å²) in [6, 6.07) is 3.69. The van der Waals surface area contributed by atoms with Gasteiger partial charge in [0.25, 0.3) is 0 Å². The van der Waals surface area contributed by atoms with Gasteiger partial charge in [0.2, 0.25) is 0 Å². The topological polar surface area (TPSA) is 34.1 Å². The number of hydrogen-bond donors (Lipinski definition) is 0. The van der Waals surface area contributed by atoms with E-state index in [2.05, 4.69) is 15.9 Å². The van der Waals surface area contributed by atoms with E-state index in [4.69, 9.17) is 0 Å². The molecular weight excluding hydrogens is 333 g/mol. The summed E-state index contributed by atoms with van der Waals surface area (Å²) in [5.41, 5.74) is -4.39. The molecule has 0 saturated carbocycles. The summed E-state index contributed by atoms with van der Waals surface area (Å²) in [4.78, 5) is 21.9. The third kappa shape index (κ3) is 4.45. The van der Waals surface area contributed by atoms with Crippen molar-refractivity contribution in [3.8, 4) is 0 Å². The number of rotatable bonds is 5. The molecule has 2 nitrogen and oxygen atoms in total. The standard InChI is InChI=1S/C11H8BrF3O2S/c12-4-3-9(17)7-1-2-8(6-16)10(5-7)18-11(13,14)15/h1-2,5-6H,3-4H2. The number of halogens is 4. The van der Waals surface area contributed by atoms with Crippen LogP contribution in [0, 0.1) is 0 Å². The second-order valence-electron chi connectivity index (χ2n) is 3.28. The quantitative estimate of drug-likeness (QED) is 0.350. The minimum absolute atomic E-state index is 0.0762. The molecule has 0 fully saturated rings. The normalized spacial score (nSPS) is 11.3. The van der Waals surface area contributed by atoms with Gasteiger partial charge in [0.15, 0.2) is 12.1 Å². The molecule has 98 valence electrons. The molecule has 0 aliphatic rings. The van der Waals surface area contributed by atoms with Crippen molar-refractivity contribution >= 4 is 39.8 Å². The summed E-state index contributed by atoms with van der Waals surface area (Å²) in [5.74, 6) is -0.270. The first-order valence-electron chi connectivity index (χ1n) is 4.81. The smallest absolute Gasteiger partial charge is 0.298 e. The average molecular weight is 341 g/mol. The highest BCUT2D eigenvalue weighted by molar-refractivity contribution is 9.09. The van der Waals surface area contributed by atoms with Gasteiger partial charge in [0, 0.05) is 27.8 Å². The van der Waals surface area contributed by atoms with Crippen molar-refractivity contribution < 1.29 is 22.8 Å². The third-order valence-electron chi connectivity index (χ3n) is 2.01. The molecule has 0 aliphatic carbocycles. The Morgan fingerprint density at radius 2 is 2.06 bits per heavy atom. The number of thioether (sulfide) groups is 1. The fourth-order valence-corrected chi connectivity index (χ4v) is 2.28. The predicted octanol–water partition coefficient (Wildman–Crippen LogP) is 4.08. The van der Waals surface area contributed by atoms with Crippen LogP contribution in [-0.2, 0) is 0 Å². The molecule has 0 saturated heterocycles. The van der Waals surface area contributed by atoms with Crippen molar-refractivity contribution in [2.45, 2.75) is 16.8 Å². The van der Waals surface area contributed by atoms with Gasteiger partial charge in [-0.2, -0.15) is 13.2 Å². The van der Waals surface area contributed by atoms with E-state index >= 15 is 0 Å². The van der Waals surface area contributed by atoms with Crippen molar-refractivity contribution in [3.63, 3.8) is 0 Å². The van der Waals surface area contributed by atoms with E-state index in [0.717, 1.165) is 6.07 Å². The van der Waals surface area contributed by atoms with Gasteiger partial charge in [0.05, 0.1) is 0 Å². The van der Waals surface area contributed by atoms with Crippen LogP contribution in [0.5, 0.6) is 0 Å². The molecule has 0 unspecified atom stereocenters. The molecular formula is C11H8BrF3O2S. The summed E-state index contributed by atoms with van der Waals surface area (Å²) in [5, 5.41) is 0.434. The van der Waals surface area contributed by atoms with E-state index < -0.39 is 17.3 Å². The van der Waals surface area contributed by atoms with Crippen LogP contribution in [0.1, 0.15) is 27.1 Å². The maximum atomic E-state index is 12.3. The van der Waals surface area contributed by atoms with E-state index in [0.29, 0.717) is 11.6 Å². The van der Waals surface area contributed by atoms with Gasteiger partial charge in [-0.15, -0.1) is 0 Å². The van der Waals surface area contributed by atoms with Crippen molar-refractivity contribution in [1.82, 2.24) is 0 Å². The Hall–Kier alpha value is -0.820. The number of Topliss-reactive ketones (excluding diaryl/α,β-unsaturated/α-hetero) is 1. The minimum Gasteiger partial charge on any atom is -0.298 e. The molecule has 0 heterocycles. The zero-order valence-electron chi connectivity index (χ0n) is 8.96. The lowest BCUT2D eigenvalue weighted by atomic mass is 10.1. The molecule has 0 aromatic heterocycles. The van der Waals surface area contributed by atoms with Gasteiger partial charge < -0.3 is 0 Å². The Balaban J connectivity index is 3.09. The Kier molecular flexibility index (Phi) is 5.40. The van der Waals surface area contributed by atoms with Crippen molar-refractivity contribution in [2.75, 3.05) is 5.33 Å². The lowest BCUT2D eigenvalue weighted by Crippen LogP contribution is -2.04. The fraction of sp³-hybridized carbons (Fsp3) is 0.273. The zero-order chi connectivity index (χ0) is 13.8. The average Bonchev–Trinajstić information content (AvgIpc) is 2.27. The van der Waals surface area contributed by atoms with Crippen LogP contribution >= 0.6 is 27.7 Å². The van der Waals surface area contributed by atoms with E-state index in [9.17, 15) is 22.8 Å². The number of carbonyl (C=O) groups is 2. The van der Waals surface area contributed by atoms with E-state index in [1.54, 1.807) is 0 Å². The molecule has 1 rings (SSSR count). The van der Waals surface area contributed by atoms with Gasteiger partial charge in [-0.05, 0) is 23.9 Å². The van der Waals surface area contributed by atoms with Crippen LogP contribution in [0.2, 0.25) is 0 Å². The van der Waals surface area contributed by atoms with Gasteiger partial charge in [-0.3, -0.25) is 9.59 Å². The van der Waals surface area contributed by atoms with Crippen molar-refractivity contribution in [1.29, 1.82) is 0 Å². The summed E-state index contributed by atoms with van der Waals surface area (Å²) in [6.45, 7) is 0. The van der Waals surface area contributed by atoms with Gasteiger partial charge in [-0.25, -0.2) is 0 Å². The zero-order valence-corrected chi connectivity index (χ0v) is 11.4. The van der Waals surface area contributed by atoms with Crippen LogP contribution in [0.25, 0.3) is 0 Å². The van der Waals surface area contributed by atoms with Gasteiger partial charge in [-0.1, -0.05) is 22.0 Å². The lowest BCUT2D eigenvalue weighted by Gasteiger charge is -2.09. The molecule has 0 radical (unpaired) electrons. The van der Waals surface area contributed by atoms with Crippen LogP contribution in [0.4, 0.5) is 13.2 Å². The van der Waals surface area contributed by atoms with Crippen LogP contribution in [0.15, 0.2) is 23.1 Å². The molecule has 0 bridgehead atoms. The first kappa shape index (κ1) is 15.2. The summed E-state index contributed by atoms with van der Waals surface area (Å²) in [7, 11) is 0. The molecule has 0 aliphatic heterocycles. The molecule has 0 spiro atoms. The molecule has 1 aromatic carbocycles. The Bertz CT molecular complexity index is 460. The fourth-order valence-electron chi connectivity index (χ4n) is 1.25. The number of benzene rings is 1. The second-order valence-corrected chi connectivity index (χ2v) is 5.18. The van der Waals surface area contributed by atoms with Crippen LogP contribution in [0.3, 0.4) is 0 Å². The SMILES string of the molecule is O=Cc1ccc(C(=O)CCBr)cc1SC(F)(F)F. The highest BCUT2D eigenvalue weighted by Gasteiger charge is 2.30. The van der Waals surface area contributed by atoms with Crippen molar-refractivity contribution in [2.24, 2.45) is 0 Å². The first-order valence-corrected chi connectivity index (χ1v) is 6.75. The van der Waals surface area contributed by atoms with Gasteiger partial charge >= 0.3 is 5.51 Å². The maximum Gasteiger partial charge on any atom is 0.446 e. The number of alkyl halides is 4. The van der Waals surface area contributed by atoms with Crippen LogP contribution < -0.4 is 0 Å². The number of carbonyl (C=O) groups excluding carboxylic acids is 2. The van der Waals surface area contributed by atoms with Gasteiger partial charge in [0.1, 0.15) is 0 Å². The number of ketones is 1. The van der Waals surface area contributed by atoms with E-state index in [1.807, 2.05) is 0 Å². The molecule has 0 amide bonds. The first-order chi connectivity index (χ1) is 8.37. The van der Waals surface area contributed by atoms with E-state index in [-0.39, 0.29) is 28.2 Å². The molecule has 18 heavy (non-hydrogen) atoms. The number of hydrogen-bond acceptors (Lipinski definition) is 3. The summed E-state index contributed by atoms with van der Waals surface area (Å²) < 4.78 is 36.9. The van der Waals surface area contributed by atoms with E-state index in [1.165, 1.54) is 12.1 Å². The third-order valence-corrected chi connectivity index (χ3v) is 3.21. The monoisotopic (exact) mass is 340 g/mol. The maximum absolute atomic E-state index is 12.3. The molecule has 7 heteroatoms. The highest BCUT2D eigenvalue weighted by atomic mass is 79.9. The summed E-state index contributed by atoms with van der Waals surface area (Å²) in [6.07, 6.45) is 0.531. The molecule has 0 atom stereocenters. The Morgan fingerprint density at radius 3 is 2.56 bits per heavy atom. The highest BCUT2D eigenvalue weighted by Crippen LogP contribution is 2.38. The largest absolute Gasteiger partial charge is 0.446 e. The Labute approximate surface area is 114 Å². The Morgan fingerprint density at radius 1 is 1.39 bits per heavy atom.